The maximum Gasteiger partial charge on any atom is 0.183 e. The normalized spacial score (nSPS) is 11.2. The average Bonchev–Trinajstić information content (AvgIpc) is 2.95. The van der Waals surface area contributed by atoms with Crippen LogP contribution < -0.4 is 5.32 Å². The number of nitrogens with one attached hydrogen (secondary N) is 1. The molecule has 0 aliphatic heterocycles. The zero-order valence-corrected chi connectivity index (χ0v) is 12.9. The summed E-state index contributed by atoms with van der Waals surface area (Å²) in [5.74, 6) is 1.58. The lowest BCUT2D eigenvalue weighted by molar-refractivity contribution is 0.769. The van der Waals surface area contributed by atoms with Crippen molar-refractivity contribution in [3.8, 4) is 11.5 Å². The van der Waals surface area contributed by atoms with E-state index in [2.05, 4.69) is 41.2 Å². The van der Waals surface area contributed by atoms with Crippen molar-refractivity contribution in [2.45, 2.75) is 20.8 Å². The zero-order chi connectivity index (χ0) is 14.3. The number of thiophene rings is 1. The highest BCUT2D eigenvalue weighted by Crippen LogP contribution is 2.34. The number of aryl methyl sites for hydroxylation is 3. The van der Waals surface area contributed by atoms with Gasteiger partial charge in [-0.05, 0) is 32.4 Å². The molecular weight excluding hydrogens is 270 g/mol. The summed E-state index contributed by atoms with van der Waals surface area (Å²) in [5.41, 5.74) is 2.06. The van der Waals surface area contributed by atoms with Crippen LogP contribution >= 0.6 is 11.3 Å². The molecule has 0 radical (unpaired) electrons. The van der Waals surface area contributed by atoms with E-state index in [4.69, 9.17) is 0 Å². The van der Waals surface area contributed by atoms with Crippen molar-refractivity contribution in [1.29, 1.82) is 0 Å². The fourth-order valence-electron chi connectivity index (χ4n) is 2.19. The number of hydrogen-bond donors (Lipinski definition) is 1. The van der Waals surface area contributed by atoms with E-state index in [1.165, 1.54) is 10.4 Å². The highest BCUT2D eigenvalue weighted by molar-refractivity contribution is 7.18. The van der Waals surface area contributed by atoms with Gasteiger partial charge in [0.25, 0.3) is 0 Å². The number of rotatable bonds is 3. The second-order valence-electron chi connectivity index (χ2n) is 4.76. The number of aromatic nitrogens is 4. The first-order valence-electron chi connectivity index (χ1n) is 6.61. The monoisotopic (exact) mass is 287 g/mol. The molecule has 0 amide bonds. The summed E-state index contributed by atoms with van der Waals surface area (Å²) in [6.45, 7) is 7.15. The molecule has 5 nitrogen and oxygen atoms in total. The van der Waals surface area contributed by atoms with Gasteiger partial charge in [0.15, 0.2) is 5.82 Å². The van der Waals surface area contributed by atoms with E-state index in [1.807, 2.05) is 19.3 Å². The van der Waals surface area contributed by atoms with Crippen molar-refractivity contribution in [3.05, 3.63) is 22.7 Å². The van der Waals surface area contributed by atoms with Crippen LogP contribution in [0.2, 0.25) is 0 Å². The second kappa shape index (κ2) is 4.86. The van der Waals surface area contributed by atoms with Crippen molar-refractivity contribution in [2.75, 3.05) is 11.9 Å². The fraction of sp³-hybridized carbons (Fsp3) is 0.357. The lowest BCUT2D eigenvalue weighted by atomic mass is 10.2. The molecule has 3 heterocycles. The van der Waals surface area contributed by atoms with Crippen LogP contribution in [0.4, 0.5) is 5.82 Å². The van der Waals surface area contributed by atoms with E-state index < -0.39 is 0 Å². The van der Waals surface area contributed by atoms with Crippen molar-refractivity contribution in [3.63, 3.8) is 0 Å². The van der Waals surface area contributed by atoms with Crippen molar-refractivity contribution < 1.29 is 0 Å². The molecule has 0 saturated heterocycles. The van der Waals surface area contributed by atoms with Crippen LogP contribution in [0, 0.1) is 13.8 Å². The molecule has 20 heavy (non-hydrogen) atoms. The molecule has 0 saturated carbocycles. The average molecular weight is 287 g/mol. The number of hydrogen-bond acceptors (Lipinski definition) is 5. The summed E-state index contributed by atoms with van der Waals surface area (Å²) in [5, 5.41) is 8.86. The summed E-state index contributed by atoms with van der Waals surface area (Å²) in [7, 11) is 1.90. The molecule has 0 fully saturated rings. The molecule has 6 heteroatoms. The second-order valence-corrected chi connectivity index (χ2v) is 5.97. The van der Waals surface area contributed by atoms with Gasteiger partial charge in [-0.25, -0.2) is 9.97 Å². The van der Waals surface area contributed by atoms with Crippen molar-refractivity contribution in [1.82, 2.24) is 19.7 Å². The van der Waals surface area contributed by atoms with Gasteiger partial charge < -0.3 is 5.32 Å². The predicted molar refractivity (Wildman–Crippen MR) is 83.3 cm³/mol. The summed E-state index contributed by atoms with van der Waals surface area (Å²) < 4.78 is 1.76. The van der Waals surface area contributed by atoms with Gasteiger partial charge in [0.2, 0.25) is 0 Å². The van der Waals surface area contributed by atoms with Crippen molar-refractivity contribution >= 4 is 27.4 Å². The van der Waals surface area contributed by atoms with Gasteiger partial charge in [0, 0.05) is 24.7 Å². The minimum Gasteiger partial charge on any atom is -0.370 e. The van der Waals surface area contributed by atoms with Gasteiger partial charge in [-0.1, -0.05) is 0 Å². The molecule has 1 N–H and O–H groups in total. The molecule has 0 spiro atoms. The first kappa shape index (κ1) is 13.1. The standard InChI is InChI=1S/C14H17N5S/c1-5-15-13-11-8(2)9(3)20-14(11)17-12(16-13)10-6-7-19(4)18-10/h6-7H,5H2,1-4H3,(H,15,16,17). The number of fused-ring (bicyclic) bond motifs is 1. The maximum absolute atomic E-state index is 4.67. The Hall–Kier alpha value is -1.95. The Morgan fingerprint density at radius 1 is 1.30 bits per heavy atom. The maximum atomic E-state index is 4.67. The summed E-state index contributed by atoms with van der Waals surface area (Å²) in [6, 6.07) is 1.93. The Morgan fingerprint density at radius 3 is 2.75 bits per heavy atom. The highest BCUT2D eigenvalue weighted by atomic mass is 32.1. The molecule has 0 aliphatic carbocycles. The Balaban J connectivity index is 2.25. The first-order chi connectivity index (χ1) is 9.60. The largest absolute Gasteiger partial charge is 0.370 e. The Kier molecular flexibility index (Phi) is 3.17. The third-order valence-corrected chi connectivity index (χ3v) is 4.42. The van der Waals surface area contributed by atoms with Crippen LogP contribution in [-0.2, 0) is 7.05 Å². The lowest BCUT2D eigenvalue weighted by Crippen LogP contribution is -2.03. The third kappa shape index (κ3) is 2.06. The third-order valence-electron chi connectivity index (χ3n) is 3.32. The minimum absolute atomic E-state index is 0.676. The van der Waals surface area contributed by atoms with E-state index in [0.29, 0.717) is 5.82 Å². The summed E-state index contributed by atoms with van der Waals surface area (Å²) in [6.07, 6.45) is 1.90. The van der Waals surface area contributed by atoms with Gasteiger partial charge in [-0.15, -0.1) is 11.3 Å². The van der Waals surface area contributed by atoms with E-state index >= 15 is 0 Å². The van der Waals surface area contributed by atoms with E-state index in [-0.39, 0.29) is 0 Å². The molecular formula is C14H17N5S. The van der Waals surface area contributed by atoms with Gasteiger partial charge in [0.1, 0.15) is 16.3 Å². The lowest BCUT2D eigenvalue weighted by Gasteiger charge is -2.06. The number of nitrogens with zero attached hydrogens (tertiary/aromatic N) is 4. The quantitative estimate of drug-likeness (QED) is 0.804. The molecule has 0 aliphatic rings. The molecule has 3 aromatic heterocycles. The van der Waals surface area contributed by atoms with Gasteiger partial charge in [-0.2, -0.15) is 5.10 Å². The van der Waals surface area contributed by atoms with Crippen LogP contribution in [0.1, 0.15) is 17.4 Å². The SMILES string of the molecule is CCNc1nc(-c2ccn(C)n2)nc2sc(C)c(C)c12. The van der Waals surface area contributed by atoms with Crippen molar-refractivity contribution in [2.24, 2.45) is 7.05 Å². The molecule has 0 bridgehead atoms. The summed E-state index contributed by atoms with van der Waals surface area (Å²) >= 11 is 1.71. The van der Waals surface area contributed by atoms with Gasteiger partial charge >= 0.3 is 0 Å². The molecule has 3 rings (SSSR count). The predicted octanol–water partition coefficient (Wildman–Crippen LogP) is 3.14. The van der Waals surface area contributed by atoms with Crippen LogP contribution in [0.25, 0.3) is 21.7 Å². The molecule has 0 aromatic carbocycles. The Bertz CT molecular complexity index is 771. The zero-order valence-electron chi connectivity index (χ0n) is 12.1. The highest BCUT2D eigenvalue weighted by Gasteiger charge is 2.15. The van der Waals surface area contributed by atoms with Gasteiger partial charge in [0.05, 0.1) is 5.39 Å². The smallest absolute Gasteiger partial charge is 0.183 e. The Labute approximate surface area is 121 Å². The van der Waals surface area contributed by atoms with Crippen LogP contribution in [-0.4, -0.2) is 26.3 Å². The Morgan fingerprint density at radius 2 is 2.10 bits per heavy atom. The van der Waals surface area contributed by atoms with Gasteiger partial charge in [-0.3, -0.25) is 4.68 Å². The fourth-order valence-corrected chi connectivity index (χ4v) is 3.22. The topological polar surface area (TPSA) is 55.6 Å². The van der Waals surface area contributed by atoms with Crippen LogP contribution in [0.5, 0.6) is 0 Å². The molecule has 0 atom stereocenters. The van der Waals surface area contributed by atoms with E-state index in [0.717, 1.165) is 28.3 Å². The summed E-state index contributed by atoms with van der Waals surface area (Å²) in [4.78, 5) is 11.6. The molecule has 3 aromatic rings. The molecule has 0 unspecified atom stereocenters. The minimum atomic E-state index is 0.676. The number of anilines is 1. The van der Waals surface area contributed by atoms with E-state index in [9.17, 15) is 0 Å². The van der Waals surface area contributed by atoms with Crippen LogP contribution in [0.3, 0.4) is 0 Å². The van der Waals surface area contributed by atoms with Crippen LogP contribution in [0.15, 0.2) is 12.3 Å². The molecule has 104 valence electrons. The van der Waals surface area contributed by atoms with E-state index in [1.54, 1.807) is 16.0 Å². The first-order valence-corrected chi connectivity index (χ1v) is 7.43.